The summed E-state index contributed by atoms with van der Waals surface area (Å²) in [6.45, 7) is 1.99. The molecule has 0 amide bonds. The van der Waals surface area contributed by atoms with Crippen LogP contribution in [0.1, 0.15) is 22.7 Å². The first-order chi connectivity index (χ1) is 9.11. The Bertz CT molecular complexity index is 572. The summed E-state index contributed by atoms with van der Waals surface area (Å²) >= 11 is 9.73. The molecule has 1 atom stereocenters. The van der Waals surface area contributed by atoms with Gasteiger partial charge in [-0.3, -0.25) is 11.3 Å². The van der Waals surface area contributed by atoms with Crippen molar-refractivity contribution in [2.45, 2.75) is 19.4 Å². The van der Waals surface area contributed by atoms with Gasteiger partial charge in [-0.15, -0.1) is 0 Å². The molecule has 0 bridgehead atoms. The molecule has 4 heteroatoms. The van der Waals surface area contributed by atoms with E-state index in [1.165, 1.54) is 5.56 Å². The molecule has 0 spiro atoms. The highest BCUT2D eigenvalue weighted by Gasteiger charge is 2.13. The molecule has 0 saturated carbocycles. The first-order valence-corrected chi connectivity index (χ1v) is 7.24. The van der Waals surface area contributed by atoms with Gasteiger partial charge in [0.25, 0.3) is 0 Å². The van der Waals surface area contributed by atoms with Gasteiger partial charge in [-0.25, -0.2) is 0 Å². The van der Waals surface area contributed by atoms with Crippen molar-refractivity contribution in [1.29, 1.82) is 0 Å². The minimum absolute atomic E-state index is 0.0387. The minimum Gasteiger partial charge on any atom is -0.271 e. The first-order valence-electron chi connectivity index (χ1n) is 6.07. The van der Waals surface area contributed by atoms with Gasteiger partial charge >= 0.3 is 0 Å². The van der Waals surface area contributed by atoms with Crippen LogP contribution in [0, 0.1) is 6.92 Å². The molecule has 0 saturated heterocycles. The fourth-order valence-corrected chi connectivity index (χ4v) is 2.62. The van der Waals surface area contributed by atoms with E-state index in [1.807, 2.05) is 37.3 Å². The van der Waals surface area contributed by atoms with Gasteiger partial charge in [0, 0.05) is 9.50 Å². The van der Waals surface area contributed by atoms with Crippen molar-refractivity contribution in [2.24, 2.45) is 5.84 Å². The van der Waals surface area contributed by atoms with Gasteiger partial charge in [0.1, 0.15) is 0 Å². The van der Waals surface area contributed by atoms with E-state index in [0.29, 0.717) is 0 Å². The van der Waals surface area contributed by atoms with Gasteiger partial charge in [-0.1, -0.05) is 57.9 Å². The van der Waals surface area contributed by atoms with Gasteiger partial charge in [-0.05, 0) is 42.2 Å². The van der Waals surface area contributed by atoms with E-state index >= 15 is 0 Å². The van der Waals surface area contributed by atoms with E-state index in [9.17, 15) is 0 Å². The normalized spacial score (nSPS) is 12.4. The Morgan fingerprint density at radius 3 is 2.63 bits per heavy atom. The molecule has 0 aliphatic carbocycles. The van der Waals surface area contributed by atoms with Crippen molar-refractivity contribution in [1.82, 2.24) is 5.43 Å². The molecule has 2 aromatic carbocycles. The van der Waals surface area contributed by atoms with E-state index in [0.717, 1.165) is 27.0 Å². The largest absolute Gasteiger partial charge is 0.271 e. The van der Waals surface area contributed by atoms with Crippen LogP contribution in [0.5, 0.6) is 0 Å². The predicted molar refractivity (Wildman–Crippen MR) is 84.1 cm³/mol. The van der Waals surface area contributed by atoms with Crippen LogP contribution in [0.4, 0.5) is 0 Å². The Kier molecular flexibility index (Phi) is 4.99. The maximum Gasteiger partial charge on any atom is 0.0501 e. The molecule has 2 rings (SSSR count). The smallest absolute Gasteiger partial charge is 0.0501 e. The van der Waals surface area contributed by atoms with Crippen molar-refractivity contribution >= 4 is 27.5 Å². The summed E-state index contributed by atoms with van der Waals surface area (Å²) in [6.07, 6.45) is 0.803. The summed E-state index contributed by atoms with van der Waals surface area (Å²) in [6, 6.07) is 14.2. The number of aryl methyl sites for hydroxylation is 1. The molecule has 0 fully saturated rings. The number of halogens is 2. The Morgan fingerprint density at radius 1 is 1.26 bits per heavy atom. The van der Waals surface area contributed by atoms with E-state index < -0.39 is 0 Å². The third kappa shape index (κ3) is 3.57. The lowest BCUT2D eigenvalue weighted by Crippen LogP contribution is -2.29. The number of rotatable bonds is 4. The molecule has 100 valence electrons. The second kappa shape index (κ2) is 6.53. The zero-order valence-electron chi connectivity index (χ0n) is 10.7. The zero-order valence-corrected chi connectivity index (χ0v) is 13.0. The van der Waals surface area contributed by atoms with Gasteiger partial charge in [0.2, 0.25) is 0 Å². The maximum absolute atomic E-state index is 6.17. The summed E-state index contributed by atoms with van der Waals surface area (Å²) in [4.78, 5) is 0. The Morgan fingerprint density at radius 2 is 2.00 bits per heavy atom. The predicted octanol–water partition coefficient (Wildman–Crippen LogP) is 4.16. The average molecular weight is 340 g/mol. The van der Waals surface area contributed by atoms with Crippen LogP contribution in [0.3, 0.4) is 0 Å². The van der Waals surface area contributed by atoms with Crippen LogP contribution in [0.2, 0.25) is 5.02 Å². The molecular formula is C15H16BrClN2. The second-order valence-electron chi connectivity index (χ2n) is 4.52. The molecule has 0 heterocycles. The molecular weight excluding hydrogens is 324 g/mol. The molecule has 19 heavy (non-hydrogen) atoms. The van der Waals surface area contributed by atoms with E-state index in [2.05, 4.69) is 33.5 Å². The molecule has 0 radical (unpaired) electrons. The third-order valence-corrected chi connectivity index (χ3v) is 4.36. The second-order valence-corrected chi connectivity index (χ2v) is 5.78. The van der Waals surface area contributed by atoms with Crippen molar-refractivity contribution < 1.29 is 0 Å². The standard InChI is InChI=1S/C15H16BrClN2/c1-10-6-7-12(8-14(10)17)15(19-18)9-11-4-2-3-5-13(11)16/h2-8,15,19H,9,18H2,1H3. The number of hydrazine groups is 1. The first kappa shape index (κ1) is 14.5. The molecule has 0 aliphatic rings. The van der Waals surface area contributed by atoms with Crippen molar-refractivity contribution in [3.05, 3.63) is 68.7 Å². The fraction of sp³-hybridized carbons (Fsp3) is 0.200. The van der Waals surface area contributed by atoms with E-state index in [4.69, 9.17) is 17.4 Å². The molecule has 1 unspecified atom stereocenters. The highest BCUT2D eigenvalue weighted by Crippen LogP contribution is 2.26. The lowest BCUT2D eigenvalue weighted by molar-refractivity contribution is 0.551. The number of hydrogen-bond acceptors (Lipinski definition) is 2. The number of benzene rings is 2. The SMILES string of the molecule is Cc1ccc(C(Cc2ccccc2Br)NN)cc1Cl. The maximum atomic E-state index is 6.17. The monoisotopic (exact) mass is 338 g/mol. The quantitative estimate of drug-likeness (QED) is 0.648. The van der Waals surface area contributed by atoms with Gasteiger partial charge < -0.3 is 0 Å². The highest BCUT2D eigenvalue weighted by molar-refractivity contribution is 9.10. The number of hydrogen-bond donors (Lipinski definition) is 2. The summed E-state index contributed by atoms with van der Waals surface area (Å²) in [7, 11) is 0. The van der Waals surface area contributed by atoms with Crippen LogP contribution in [0.25, 0.3) is 0 Å². The lowest BCUT2D eigenvalue weighted by atomic mass is 9.98. The molecule has 2 aromatic rings. The van der Waals surface area contributed by atoms with Crippen LogP contribution >= 0.6 is 27.5 Å². The highest BCUT2D eigenvalue weighted by atomic mass is 79.9. The Hall–Kier alpha value is -0.870. The molecule has 3 N–H and O–H groups in total. The zero-order chi connectivity index (χ0) is 13.8. The summed E-state index contributed by atoms with van der Waals surface area (Å²) in [5, 5.41) is 0.768. The van der Waals surface area contributed by atoms with Crippen molar-refractivity contribution in [3.63, 3.8) is 0 Å². The molecule has 0 aliphatic heterocycles. The van der Waals surface area contributed by atoms with Gasteiger partial charge in [-0.2, -0.15) is 0 Å². The minimum atomic E-state index is 0.0387. The summed E-state index contributed by atoms with van der Waals surface area (Å²) < 4.78 is 1.09. The summed E-state index contributed by atoms with van der Waals surface area (Å²) in [5.41, 5.74) is 6.23. The third-order valence-electron chi connectivity index (χ3n) is 3.18. The summed E-state index contributed by atoms with van der Waals surface area (Å²) in [5.74, 6) is 5.68. The Balaban J connectivity index is 2.25. The molecule has 0 aromatic heterocycles. The lowest BCUT2D eigenvalue weighted by Gasteiger charge is -2.18. The Labute approximate surface area is 127 Å². The van der Waals surface area contributed by atoms with E-state index in [-0.39, 0.29) is 6.04 Å². The van der Waals surface area contributed by atoms with Crippen LogP contribution < -0.4 is 11.3 Å². The molecule has 2 nitrogen and oxygen atoms in total. The van der Waals surface area contributed by atoms with Crippen molar-refractivity contribution in [2.75, 3.05) is 0 Å². The number of nitrogens with one attached hydrogen (secondary N) is 1. The average Bonchev–Trinajstić information content (AvgIpc) is 2.41. The van der Waals surface area contributed by atoms with Gasteiger partial charge in [0.15, 0.2) is 0 Å². The fourth-order valence-electron chi connectivity index (χ4n) is 1.98. The van der Waals surface area contributed by atoms with E-state index in [1.54, 1.807) is 0 Å². The van der Waals surface area contributed by atoms with Crippen LogP contribution in [-0.4, -0.2) is 0 Å². The van der Waals surface area contributed by atoms with Crippen LogP contribution in [-0.2, 0) is 6.42 Å². The number of nitrogens with two attached hydrogens (primary N) is 1. The van der Waals surface area contributed by atoms with Gasteiger partial charge in [0.05, 0.1) is 6.04 Å². The topological polar surface area (TPSA) is 38.0 Å². The van der Waals surface area contributed by atoms with Crippen molar-refractivity contribution in [3.8, 4) is 0 Å². The van der Waals surface area contributed by atoms with Crippen LogP contribution in [0.15, 0.2) is 46.9 Å².